The first kappa shape index (κ1) is 15.4. The predicted octanol–water partition coefficient (Wildman–Crippen LogP) is 3.80. The molecule has 0 aliphatic rings. The van der Waals surface area contributed by atoms with E-state index in [-0.39, 0.29) is 5.97 Å². The third kappa shape index (κ3) is 3.98. The van der Waals surface area contributed by atoms with Crippen LogP contribution in [-0.4, -0.2) is 12.6 Å². The van der Waals surface area contributed by atoms with Crippen molar-refractivity contribution in [3.05, 3.63) is 59.9 Å². The third-order valence-electron chi connectivity index (χ3n) is 2.82. The topological polar surface area (TPSA) is 52.3 Å². The second-order valence-corrected chi connectivity index (χ2v) is 5.49. The number of ether oxygens (including phenoxy) is 1. The van der Waals surface area contributed by atoms with Gasteiger partial charge in [0.05, 0.1) is 6.61 Å². The molecule has 2 rings (SSSR count). The SMILES string of the molecule is CCOC(=O)C(Sc1ccc(F)cc1N)c1ccccc1. The highest BCUT2D eigenvalue weighted by Gasteiger charge is 2.24. The van der Waals surface area contributed by atoms with E-state index in [1.54, 1.807) is 13.0 Å². The van der Waals surface area contributed by atoms with Crippen LogP contribution in [0, 0.1) is 5.82 Å². The van der Waals surface area contributed by atoms with Crippen molar-refractivity contribution < 1.29 is 13.9 Å². The van der Waals surface area contributed by atoms with Crippen LogP contribution in [-0.2, 0) is 9.53 Å². The summed E-state index contributed by atoms with van der Waals surface area (Å²) >= 11 is 1.26. The highest BCUT2D eigenvalue weighted by atomic mass is 32.2. The molecule has 0 saturated heterocycles. The maximum atomic E-state index is 13.1. The van der Waals surface area contributed by atoms with Crippen LogP contribution in [0.1, 0.15) is 17.7 Å². The van der Waals surface area contributed by atoms with Crippen molar-refractivity contribution >= 4 is 23.4 Å². The molecule has 21 heavy (non-hydrogen) atoms. The molecule has 0 aliphatic heterocycles. The molecule has 0 heterocycles. The Morgan fingerprint density at radius 3 is 2.62 bits per heavy atom. The number of halogens is 1. The summed E-state index contributed by atoms with van der Waals surface area (Å²) < 4.78 is 18.2. The maximum absolute atomic E-state index is 13.1. The fourth-order valence-electron chi connectivity index (χ4n) is 1.85. The molecule has 0 amide bonds. The zero-order chi connectivity index (χ0) is 15.2. The molecule has 0 bridgehead atoms. The van der Waals surface area contributed by atoms with Gasteiger partial charge in [-0.05, 0) is 30.7 Å². The van der Waals surface area contributed by atoms with Gasteiger partial charge in [-0.1, -0.05) is 30.3 Å². The van der Waals surface area contributed by atoms with Gasteiger partial charge in [-0.2, -0.15) is 0 Å². The number of carbonyl (C=O) groups excluding carboxylic acids is 1. The summed E-state index contributed by atoms with van der Waals surface area (Å²) in [5.74, 6) is -0.735. The smallest absolute Gasteiger partial charge is 0.323 e. The highest BCUT2D eigenvalue weighted by Crippen LogP contribution is 2.39. The average molecular weight is 305 g/mol. The Morgan fingerprint density at radius 2 is 2.00 bits per heavy atom. The van der Waals surface area contributed by atoms with E-state index in [2.05, 4.69) is 0 Å². The zero-order valence-electron chi connectivity index (χ0n) is 11.6. The number of thioether (sulfide) groups is 1. The molecule has 1 unspecified atom stereocenters. The first-order chi connectivity index (χ1) is 10.1. The van der Waals surface area contributed by atoms with Crippen LogP contribution in [0.3, 0.4) is 0 Å². The Labute approximate surface area is 127 Å². The Morgan fingerprint density at radius 1 is 1.29 bits per heavy atom. The number of anilines is 1. The predicted molar refractivity (Wildman–Crippen MR) is 82.5 cm³/mol. The van der Waals surface area contributed by atoms with Crippen LogP contribution in [0.15, 0.2) is 53.4 Å². The summed E-state index contributed by atoms with van der Waals surface area (Å²) in [6, 6.07) is 13.4. The Balaban J connectivity index is 2.30. The van der Waals surface area contributed by atoms with E-state index in [4.69, 9.17) is 10.5 Å². The van der Waals surface area contributed by atoms with Crippen molar-refractivity contribution in [1.82, 2.24) is 0 Å². The summed E-state index contributed by atoms with van der Waals surface area (Å²) in [4.78, 5) is 12.8. The molecule has 3 nitrogen and oxygen atoms in total. The van der Waals surface area contributed by atoms with E-state index in [9.17, 15) is 9.18 Å². The van der Waals surface area contributed by atoms with Crippen LogP contribution in [0.4, 0.5) is 10.1 Å². The largest absolute Gasteiger partial charge is 0.465 e. The first-order valence-corrected chi connectivity index (χ1v) is 7.43. The van der Waals surface area contributed by atoms with Gasteiger partial charge >= 0.3 is 5.97 Å². The Kier molecular flexibility index (Phi) is 5.22. The molecule has 0 aliphatic carbocycles. The minimum absolute atomic E-state index is 0.307. The van der Waals surface area contributed by atoms with Crippen molar-refractivity contribution in [3.63, 3.8) is 0 Å². The fourth-order valence-corrected chi connectivity index (χ4v) is 2.90. The van der Waals surface area contributed by atoms with Crippen LogP contribution >= 0.6 is 11.8 Å². The summed E-state index contributed by atoms with van der Waals surface area (Å²) in [7, 11) is 0. The van der Waals surface area contributed by atoms with Crippen molar-refractivity contribution in [1.29, 1.82) is 0 Å². The first-order valence-electron chi connectivity index (χ1n) is 6.55. The molecule has 2 aromatic rings. The number of esters is 1. The summed E-state index contributed by atoms with van der Waals surface area (Å²) in [5.41, 5.74) is 6.94. The van der Waals surface area contributed by atoms with Crippen molar-refractivity contribution in [2.24, 2.45) is 0 Å². The van der Waals surface area contributed by atoms with Gasteiger partial charge in [0.1, 0.15) is 11.1 Å². The van der Waals surface area contributed by atoms with Crippen molar-refractivity contribution in [3.8, 4) is 0 Å². The number of carbonyl (C=O) groups is 1. The van der Waals surface area contributed by atoms with E-state index in [0.717, 1.165) is 5.56 Å². The number of nitrogens with two attached hydrogens (primary N) is 1. The molecule has 0 radical (unpaired) electrons. The van der Waals surface area contributed by atoms with Gasteiger partial charge in [0.15, 0.2) is 0 Å². The van der Waals surface area contributed by atoms with Gasteiger partial charge in [-0.3, -0.25) is 4.79 Å². The lowest BCUT2D eigenvalue weighted by Gasteiger charge is -2.16. The van der Waals surface area contributed by atoms with E-state index in [1.165, 1.54) is 23.9 Å². The molecule has 110 valence electrons. The summed E-state index contributed by atoms with van der Waals surface area (Å²) in [6.45, 7) is 2.07. The van der Waals surface area contributed by atoms with Crippen molar-refractivity contribution in [2.75, 3.05) is 12.3 Å². The molecule has 1 atom stereocenters. The van der Waals surface area contributed by atoms with Crippen LogP contribution in [0.5, 0.6) is 0 Å². The lowest BCUT2D eigenvalue weighted by Crippen LogP contribution is -2.13. The quantitative estimate of drug-likeness (QED) is 0.518. The molecule has 2 aromatic carbocycles. The second kappa shape index (κ2) is 7.13. The molecule has 0 fully saturated rings. The molecule has 0 aromatic heterocycles. The number of hydrogen-bond acceptors (Lipinski definition) is 4. The standard InChI is InChI=1S/C16H16FNO2S/c1-2-20-16(19)15(11-6-4-3-5-7-11)21-14-9-8-12(17)10-13(14)18/h3-10,15H,2,18H2,1H3. The second-order valence-electron chi connectivity index (χ2n) is 4.34. The summed E-state index contributed by atoms with van der Waals surface area (Å²) in [5, 5.41) is -0.529. The van der Waals surface area contributed by atoms with Gasteiger partial charge in [-0.15, -0.1) is 11.8 Å². The van der Waals surface area contributed by atoms with Gasteiger partial charge in [0, 0.05) is 10.6 Å². The molecular weight excluding hydrogens is 289 g/mol. The summed E-state index contributed by atoms with van der Waals surface area (Å²) in [6.07, 6.45) is 0. The molecule has 0 saturated carbocycles. The van der Waals surface area contributed by atoms with Crippen LogP contribution in [0.25, 0.3) is 0 Å². The molecule has 5 heteroatoms. The van der Waals surface area contributed by atoms with E-state index in [0.29, 0.717) is 17.2 Å². The van der Waals surface area contributed by atoms with Crippen LogP contribution in [0.2, 0.25) is 0 Å². The Hall–Kier alpha value is -2.01. The number of hydrogen-bond donors (Lipinski definition) is 1. The third-order valence-corrected chi connectivity index (χ3v) is 4.15. The highest BCUT2D eigenvalue weighted by molar-refractivity contribution is 8.00. The lowest BCUT2D eigenvalue weighted by molar-refractivity contribution is -0.142. The fraction of sp³-hybridized carbons (Fsp3) is 0.188. The van der Waals surface area contributed by atoms with E-state index < -0.39 is 11.1 Å². The van der Waals surface area contributed by atoms with Gasteiger partial charge in [0.25, 0.3) is 0 Å². The maximum Gasteiger partial charge on any atom is 0.323 e. The molecule has 0 spiro atoms. The van der Waals surface area contributed by atoms with Gasteiger partial charge in [0.2, 0.25) is 0 Å². The van der Waals surface area contributed by atoms with Gasteiger partial charge < -0.3 is 10.5 Å². The minimum atomic E-state index is -0.529. The number of benzene rings is 2. The average Bonchev–Trinajstić information content (AvgIpc) is 2.47. The lowest BCUT2D eigenvalue weighted by atomic mass is 10.1. The zero-order valence-corrected chi connectivity index (χ0v) is 12.4. The van der Waals surface area contributed by atoms with E-state index >= 15 is 0 Å². The molecule has 2 N–H and O–H groups in total. The number of rotatable bonds is 5. The monoisotopic (exact) mass is 305 g/mol. The van der Waals surface area contributed by atoms with Crippen molar-refractivity contribution in [2.45, 2.75) is 17.1 Å². The normalized spacial score (nSPS) is 11.9. The Bertz CT molecular complexity index is 619. The van der Waals surface area contributed by atoms with Crippen LogP contribution < -0.4 is 5.73 Å². The molecular formula is C16H16FNO2S. The van der Waals surface area contributed by atoms with Gasteiger partial charge in [-0.25, -0.2) is 4.39 Å². The van der Waals surface area contributed by atoms with E-state index in [1.807, 2.05) is 30.3 Å². The number of nitrogen functional groups attached to an aromatic ring is 1. The minimum Gasteiger partial charge on any atom is -0.465 e.